The number of pyridine rings is 1. The third-order valence-corrected chi connectivity index (χ3v) is 4.04. The number of rotatable bonds is 2. The average molecular weight is 258 g/mol. The Morgan fingerprint density at radius 1 is 1.38 bits per heavy atom. The molecule has 0 spiro atoms. The third kappa shape index (κ3) is 2.81. The van der Waals surface area contributed by atoms with Crippen LogP contribution in [0.2, 0.25) is 5.02 Å². The van der Waals surface area contributed by atoms with Crippen molar-refractivity contribution < 1.29 is 0 Å². The number of halogens is 1. The molecule has 5 heteroatoms. The smallest absolute Gasteiger partial charge is 0.128 e. The molecule has 0 radical (unpaired) electrons. The highest BCUT2D eigenvalue weighted by molar-refractivity contribution is 7.99. The van der Waals surface area contributed by atoms with Gasteiger partial charge in [-0.15, -0.1) is 0 Å². The van der Waals surface area contributed by atoms with E-state index in [1.165, 1.54) is 17.9 Å². The Labute approximate surface area is 105 Å². The minimum Gasteiger partial charge on any atom is -0.356 e. The second-order valence-corrected chi connectivity index (χ2v) is 5.39. The second kappa shape index (κ2) is 5.75. The van der Waals surface area contributed by atoms with Crippen molar-refractivity contribution in [3.05, 3.63) is 22.8 Å². The number of nitrogens with zero attached hydrogens (tertiary/aromatic N) is 2. The number of anilines is 1. The van der Waals surface area contributed by atoms with Gasteiger partial charge in [-0.2, -0.15) is 11.8 Å². The number of aromatic nitrogens is 1. The summed E-state index contributed by atoms with van der Waals surface area (Å²) in [5, 5.41) is 0.662. The van der Waals surface area contributed by atoms with Gasteiger partial charge in [0.2, 0.25) is 0 Å². The first-order chi connectivity index (χ1) is 7.81. The van der Waals surface area contributed by atoms with Crippen LogP contribution in [0.3, 0.4) is 0 Å². The van der Waals surface area contributed by atoms with E-state index in [1.54, 1.807) is 0 Å². The Bertz CT molecular complexity index is 351. The van der Waals surface area contributed by atoms with Gasteiger partial charge in [0, 0.05) is 25.4 Å². The second-order valence-electron chi connectivity index (χ2n) is 3.76. The molecule has 88 valence electrons. The number of nitrogens with two attached hydrogens (primary N) is 1. The van der Waals surface area contributed by atoms with Gasteiger partial charge in [-0.3, -0.25) is 0 Å². The number of hydrogen-bond acceptors (Lipinski definition) is 4. The molecule has 0 aromatic carbocycles. The zero-order valence-electron chi connectivity index (χ0n) is 9.16. The fraction of sp³-hybridized carbons (Fsp3) is 0.545. The first-order valence-corrected chi connectivity index (χ1v) is 7.02. The minimum atomic E-state index is 0.398. The van der Waals surface area contributed by atoms with E-state index in [-0.39, 0.29) is 0 Å². The zero-order valence-corrected chi connectivity index (χ0v) is 10.7. The first kappa shape index (κ1) is 12.0. The van der Waals surface area contributed by atoms with E-state index in [0.717, 1.165) is 24.6 Å². The molecule has 1 aliphatic heterocycles. The minimum absolute atomic E-state index is 0.398. The molecule has 1 saturated heterocycles. The lowest BCUT2D eigenvalue weighted by molar-refractivity contribution is 0.795. The van der Waals surface area contributed by atoms with Crippen LogP contribution in [-0.2, 0) is 6.54 Å². The van der Waals surface area contributed by atoms with Gasteiger partial charge in [-0.05, 0) is 24.3 Å². The predicted molar refractivity (Wildman–Crippen MR) is 71.3 cm³/mol. The van der Waals surface area contributed by atoms with Crippen LogP contribution >= 0.6 is 23.4 Å². The van der Waals surface area contributed by atoms with Crippen LogP contribution in [-0.4, -0.2) is 29.6 Å². The van der Waals surface area contributed by atoms with E-state index in [2.05, 4.69) is 9.88 Å². The Morgan fingerprint density at radius 2 is 2.25 bits per heavy atom. The molecule has 16 heavy (non-hydrogen) atoms. The molecule has 0 saturated carbocycles. The van der Waals surface area contributed by atoms with Crippen molar-refractivity contribution in [3.8, 4) is 0 Å². The van der Waals surface area contributed by atoms with Gasteiger partial charge < -0.3 is 10.6 Å². The van der Waals surface area contributed by atoms with E-state index in [4.69, 9.17) is 17.3 Å². The lowest BCUT2D eigenvalue weighted by Crippen LogP contribution is -2.26. The summed E-state index contributed by atoms with van der Waals surface area (Å²) >= 11 is 8.01. The predicted octanol–water partition coefficient (Wildman–Crippen LogP) is 2.14. The Balaban J connectivity index is 2.18. The molecule has 2 heterocycles. The van der Waals surface area contributed by atoms with Gasteiger partial charge in [0.15, 0.2) is 0 Å². The van der Waals surface area contributed by atoms with Crippen LogP contribution in [0.1, 0.15) is 12.1 Å². The molecule has 0 amide bonds. The molecular weight excluding hydrogens is 242 g/mol. The molecule has 1 fully saturated rings. The lowest BCUT2D eigenvalue weighted by Gasteiger charge is -2.21. The van der Waals surface area contributed by atoms with Gasteiger partial charge in [-0.1, -0.05) is 11.6 Å². The quantitative estimate of drug-likeness (QED) is 0.882. The Kier molecular flexibility index (Phi) is 4.32. The molecule has 2 N–H and O–H groups in total. The van der Waals surface area contributed by atoms with Crippen molar-refractivity contribution in [2.45, 2.75) is 13.0 Å². The number of thioether (sulfide) groups is 1. The SMILES string of the molecule is NCc1nc(N2CCCSCC2)ccc1Cl. The normalized spacial score (nSPS) is 17.2. The van der Waals surface area contributed by atoms with Gasteiger partial charge in [0.05, 0.1) is 10.7 Å². The van der Waals surface area contributed by atoms with Crippen molar-refractivity contribution >= 4 is 29.2 Å². The fourth-order valence-corrected chi connectivity index (χ4v) is 2.84. The van der Waals surface area contributed by atoms with Crippen LogP contribution in [0.25, 0.3) is 0 Å². The third-order valence-electron chi connectivity index (χ3n) is 2.64. The molecular formula is C11H16ClN3S. The molecule has 0 aliphatic carbocycles. The fourth-order valence-electron chi connectivity index (χ4n) is 1.77. The van der Waals surface area contributed by atoms with E-state index in [1.807, 2.05) is 23.9 Å². The van der Waals surface area contributed by atoms with E-state index >= 15 is 0 Å². The maximum absolute atomic E-state index is 6.00. The van der Waals surface area contributed by atoms with Crippen molar-refractivity contribution in [2.75, 3.05) is 29.5 Å². The summed E-state index contributed by atoms with van der Waals surface area (Å²) in [5.41, 5.74) is 6.40. The van der Waals surface area contributed by atoms with E-state index < -0.39 is 0 Å². The monoisotopic (exact) mass is 257 g/mol. The summed E-state index contributed by atoms with van der Waals surface area (Å²) in [7, 11) is 0. The molecule has 1 aromatic heterocycles. The average Bonchev–Trinajstić information content (AvgIpc) is 2.58. The topological polar surface area (TPSA) is 42.1 Å². The lowest BCUT2D eigenvalue weighted by atomic mass is 10.3. The van der Waals surface area contributed by atoms with Crippen molar-refractivity contribution in [1.29, 1.82) is 0 Å². The van der Waals surface area contributed by atoms with Gasteiger partial charge in [0.1, 0.15) is 5.82 Å². The molecule has 1 aromatic rings. The van der Waals surface area contributed by atoms with Gasteiger partial charge in [0.25, 0.3) is 0 Å². The summed E-state index contributed by atoms with van der Waals surface area (Å²) in [6.45, 7) is 2.53. The highest BCUT2D eigenvalue weighted by Gasteiger charge is 2.12. The molecule has 0 bridgehead atoms. The summed E-state index contributed by atoms with van der Waals surface area (Å²) in [4.78, 5) is 6.83. The zero-order chi connectivity index (χ0) is 11.4. The Morgan fingerprint density at radius 3 is 3.06 bits per heavy atom. The van der Waals surface area contributed by atoms with Crippen LogP contribution in [0.15, 0.2) is 12.1 Å². The highest BCUT2D eigenvalue weighted by Crippen LogP contribution is 2.21. The van der Waals surface area contributed by atoms with Gasteiger partial charge >= 0.3 is 0 Å². The van der Waals surface area contributed by atoms with Crippen molar-refractivity contribution in [3.63, 3.8) is 0 Å². The van der Waals surface area contributed by atoms with Crippen LogP contribution in [0, 0.1) is 0 Å². The first-order valence-electron chi connectivity index (χ1n) is 5.49. The maximum Gasteiger partial charge on any atom is 0.128 e. The van der Waals surface area contributed by atoms with Crippen LogP contribution in [0.4, 0.5) is 5.82 Å². The van der Waals surface area contributed by atoms with Crippen LogP contribution < -0.4 is 10.6 Å². The molecule has 0 unspecified atom stereocenters. The van der Waals surface area contributed by atoms with Crippen LogP contribution in [0.5, 0.6) is 0 Å². The van der Waals surface area contributed by atoms with Crippen molar-refractivity contribution in [1.82, 2.24) is 4.98 Å². The molecule has 0 atom stereocenters. The maximum atomic E-state index is 6.00. The summed E-state index contributed by atoms with van der Waals surface area (Å²) < 4.78 is 0. The number of hydrogen-bond donors (Lipinski definition) is 1. The summed E-state index contributed by atoms with van der Waals surface area (Å²) in [6, 6.07) is 3.88. The van der Waals surface area contributed by atoms with Crippen molar-refractivity contribution in [2.24, 2.45) is 5.73 Å². The largest absolute Gasteiger partial charge is 0.356 e. The molecule has 2 rings (SSSR count). The molecule has 1 aliphatic rings. The van der Waals surface area contributed by atoms with E-state index in [9.17, 15) is 0 Å². The molecule has 3 nitrogen and oxygen atoms in total. The van der Waals surface area contributed by atoms with E-state index in [0.29, 0.717) is 11.6 Å². The summed E-state index contributed by atoms with van der Waals surface area (Å²) in [5.74, 6) is 3.42. The Hall–Kier alpha value is -0.450. The highest BCUT2D eigenvalue weighted by atomic mass is 35.5. The summed E-state index contributed by atoms with van der Waals surface area (Å²) in [6.07, 6.45) is 1.22. The van der Waals surface area contributed by atoms with Gasteiger partial charge in [-0.25, -0.2) is 4.98 Å². The standard InChI is InChI=1S/C11H16ClN3S/c12-9-2-3-11(14-10(9)8-13)15-4-1-6-16-7-5-15/h2-3H,1,4-8,13H2.